The number of methoxy groups -OCH3 is 3. The second-order valence-corrected chi connectivity index (χ2v) is 9.20. The predicted molar refractivity (Wildman–Crippen MR) is 142 cm³/mol. The summed E-state index contributed by atoms with van der Waals surface area (Å²) in [6.45, 7) is 0.0120. The number of esters is 1. The molecule has 0 aromatic heterocycles. The number of carbonyl (C=O) groups excluding carboxylic acids is 3. The highest BCUT2D eigenvalue weighted by atomic mass is 35.5. The van der Waals surface area contributed by atoms with Crippen LogP contribution in [0.4, 0.5) is 0 Å². The largest absolute Gasteiger partial charge is 0.507 e. The van der Waals surface area contributed by atoms with Crippen LogP contribution in [0.1, 0.15) is 33.1 Å². The number of amides is 1. The summed E-state index contributed by atoms with van der Waals surface area (Å²) < 4.78 is 15.4. The van der Waals surface area contributed by atoms with Crippen molar-refractivity contribution < 1.29 is 33.7 Å². The molecule has 0 bridgehead atoms. The van der Waals surface area contributed by atoms with Gasteiger partial charge in [-0.2, -0.15) is 0 Å². The van der Waals surface area contributed by atoms with Crippen molar-refractivity contribution in [2.24, 2.45) is 0 Å². The minimum atomic E-state index is -0.979. The average molecular weight is 556 g/mol. The van der Waals surface area contributed by atoms with Crippen molar-refractivity contribution in [1.29, 1.82) is 0 Å². The summed E-state index contributed by atoms with van der Waals surface area (Å²) in [4.78, 5) is 39.9. The number of aliphatic hydroxyl groups excluding tert-OH is 1. The fourth-order valence-corrected chi connectivity index (χ4v) is 4.92. The number of hydrogen-bond donors (Lipinski definition) is 1. The van der Waals surface area contributed by atoms with E-state index in [0.29, 0.717) is 22.4 Å². The van der Waals surface area contributed by atoms with Gasteiger partial charge in [-0.15, -0.1) is 0 Å². The summed E-state index contributed by atoms with van der Waals surface area (Å²) in [7, 11) is 4.14. The quantitative estimate of drug-likeness (QED) is 0.180. The summed E-state index contributed by atoms with van der Waals surface area (Å²) in [5, 5.41) is 11.8. The molecule has 0 saturated carbocycles. The van der Waals surface area contributed by atoms with E-state index in [4.69, 9.17) is 37.4 Å². The summed E-state index contributed by atoms with van der Waals surface area (Å²) >= 11 is 12.5. The van der Waals surface area contributed by atoms with Crippen molar-refractivity contribution in [3.05, 3.63) is 98.5 Å². The first-order valence-corrected chi connectivity index (χ1v) is 12.1. The number of nitrogens with zero attached hydrogens (tertiary/aromatic N) is 1. The zero-order chi connectivity index (χ0) is 27.6. The molecule has 3 aromatic carbocycles. The maximum absolute atomic E-state index is 13.4. The van der Waals surface area contributed by atoms with Crippen molar-refractivity contribution in [2.45, 2.75) is 12.6 Å². The molecule has 1 N–H and O–H groups in total. The number of halogens is 2. The molecule has 10 heteroatoms. The van der Waals surface area contributed by atoms with Gasteiger partial charge in [0.2, 0.25) is 0 Å². The lowest BCUT2D eigenvalue weighted by atomic mass is 9.94. The van der Waals surface area contributed by atoms with Crippen molar-refractivity contribution in [2.75, 3.05) is 21.3 Å². The molecule has 1 fully saturated rings. The lowest BCUT2D eigenvalue weighted by Gasteiger charge is -2.26. The lowest BCUT2D eigenvalue weighted by molar-refractivity contribution is -0.140. The van der Waals surface area contributed by atoms with Gasteiger partial charge in [-0.3, -0.25) is 9.59 Å². The van der Waals surface area contributed by atoms with Crippen LogP contribution in [0.3, 0.4) is 0 Å². The van der Waals surface area contributed by atoms with Crippen molar-refractivity contribution in [3.63, 3.8) is 0 Å². The Balaban J connectivity index is 1.88. The first-order chi connectivity index (χ1) is 18.2. The Hall–Kier alpha value is -4.01. The maximum Gasteiger partial charge on any atom is 0.337 e. The first kappa shape index (κ1) is 27.0. The van der Waals surface area contributed by atoms with E-state index >= 15 is 0 Å². The second-order valence-electron chi connectivity index (χ2n) is 8.36. The standard InChI is InChI=1S/C28H23Cl2NO7/c1-36-19-6-4-5-17(11-19)23-22(24(32)20-12-18(29)13-21(30)26(20)37-2)25(33)27(34)31(23)14-15-7-9-16(10-8-15)28(35)38-3/h4-13,23,32H,14H2,1-3H3/b24-22+. The van der Waals surface area contributed by atoms with E-state index in [-0.39, 0.29) is 33.5 Å². The minimum Gasteiger partial charge on any atom is -0.507 e. The number of rotatable bonds is 7. The highest BCUT2D eigenvalue weighted by Gasteiger charge is 2.46. The van der Waals surface area contributed by atoms with Gasteiger partial charge in [0.25, 0.3) is 11.7 Å². The number of carbonyl (C=O) groups is 3. The van der Waals surface area contributed by atoms with E-state index in [1.165, 1.54) is 38.4 Å². The Morgan fingerprint density at radius 1 is 0.974 bits per heavy atom. The van der Waals surface area contributed by atoms with Crippen LogP contribution in [0, 0.1) is 0 Å². The number of likely N-dealkylation sites (tertiary alicyclic amines) is 1. The third kappa shape index (κ3) is 5.05. The zero-order valence-electron chi connectivity index (χ0n) is 20.7. The normalized spacial score (nSPS) is 16.4. The van der Waals surface area contributed by atoms with E-state index in [1.807, 2.05) is 0 Å². The molecule has 1 atom stereocenters. The fraction of sp³-hybridized carbons (Fsp3) is 0.179. The van der Waals surface area contributed by atoms with Gasteiger partial charge >= 0.3 is 5.97 Å². The Kier molecular flexibility index (Phi) is 7.94. The molecule has 196 valence electrons. The Morgan fingerprint density at radius 2 is 1.68 bits per heavy atom. The SMILES string of the molecule is COC(=O)c1ccc(CN2C(=O)C(=O)/C(=C(/O)c3cc(Cl)cc(Cl)c3OC)C2c2cccc(OC)c2)cc1. The van der Waals surface area contributed by atoms with E-state index in [0.717, 1.165) is 0 Å². The molecule has 4 rings (SSSR count). The van der Waals surface area contributed by atoms with E-state index in [1.54, 1.807) is 48.5 Å². The van der Waals surface area contributed by atoms with Gasteiger partial charge in [0.1, 0.15) is 17.3 Å². The third-order valence-corrected chi connectivity index (χ3v) is 6.64. The molecule has 8 nitrogen and oxygen atoms in total. The molecule has 1 aliphatic heterocycles. The molecule has 3 aromatic rings. The number of Topliss-reactive ketones (excluding diaryl/α,β-unsaturated/α-hetero) is 1. The smallest absolute Gasteiger partial charge is 0.337 e. The molecule has 1 amide bonds. The molecule has 1 aliphatic rings. The predicted octanol–water partition coefficient (Wildman–Crippen LogP) is 5.42. The highest BCUT2D eigenvalue weighted by Crippen LogP contribution is 2.44. The molecule has 1 heterocycles. The monoisotopic (exact) mass is 555 g/mol. The average Bonchev–Trinajstić information content (AvgIpc) is 3.17. The van der Waals surface area contributed by atoms with Crippen molar-refractivity contribution in [1.82, 2.24) is 4.90 Å². The van der Waals surface area contributed by atoms with Crippen LogP contribution in [-0.4, -0.2) is 49.0 Å². The molecule has 1 unspecified atom stereocenters. The second kappa shape index (κ2) is 11.2. The summed E-state index contributed by atoms with van der Waals surface area (Å²) in [6.07, 6.45) is 0. The van der Waals surface area contributed by atoms with Gasteiger partial charge in [0.15, 0.2) is 0 Å². The van der Waals surface area contributed by atoms with Crippen LogP contribution in [0.25, 0.3) is 5.76 Å². The van der Waals surface area contributed by atoms with Crippen LogP contribution in [-0.2, 0) is 20.9 Å². The van der Waals surface area contributed by atoms with Gasteiger partial charge in [0.05, 0.1) is 49.1 Å². The Morgan fingerprint density at radius 3 is 2.32 bits per heavy atom. The van der Waals surface area contributed by atoms with Gasteiger partial charge in [-0.1, -0.05) is 47.5 Å². The Bertz CT molecular complexity index is 1450. The van der Waals surface area contributed by atoms with Gasteiger partial charge in [-0.05, 0) is 47.5 Å². The molecular weight excluding hydrogens is 533 g/mol. The molecule has 0 radical (unpaired) electrons. The number of ether oxygens (including phenoxy) is 3. The zero-order valence-corrected chi connectivity index (χ0v) is 22.2. The molecule has 0 spiro atoms. The molecule has 0 aliphatic carbocycles. The number of ketones is 1. The molecule has 1 saturated heterocycles. The fourth-order valence-electron chi connectivity index (χ4n) is 4.35. The van der Waals surface area contributed by atoms with Gasteiger partial charge < -0.3 is 24.2 Å². The van der Waals surface area contributed by atoms with Crippen LogP contribution in [0.5, 0.6) is 11.5 Å². The first-order valence-electron chi connectivity index (χ1n) is 11.3. The van der Waals surface area contributed by atoms with Crippen molar-refractivity contribution in [3.8, 4) is 11.5 Å². The third-order valence-electron chi connectivity index (χ3n) is 6.15. The number of hydrogen-bond acceptors (Lipinski definition) is 7. The molecule has 38 heavy (non-hydrogen) atoms. The van der Waals surface area contributed by atoms with Crippen LogP contribution >= 0.6 is 23.2 Å². The summed E-state index contributed by atoms with van der Waals surface area (Å²) in [5.41, 5.74) is 1.43. The van der Waals surface area contributed by atoms with E-state index in [9.17, 15) is 19.5 Å². The van der Waals surface area contributed by atoms with Crippen molar-refractivity contribution >= 4 is 46.6 Å². The van der Waals surface area contributed by atoms with Crippen LogP contribution in [0.2, 0.25) is 10.0 Å². The maximum atomic E-state index is 13.4. The van der Waals surface area contributed by atoms with Crippen LogP contribution in [0.15, 0.2) is 66.2 Å². The molecular formula is C28H23Cl2NO7. The van der Waals surface area contributed by atoms with E-state index in [2.05, 4.69) is 0 Å². The summed E-state index contributed by atoms with van der Waals surface area (Å²) in [5.74, 6) is -2.09. The summed E-state index contributed by atoms with van der Waals surface area (Å²) in [6, 6.07) is 15.2. The topological polar surface area (TPSA) is 102 Å². The number of benzene rings is 3. The lowest BCUT2D eigenvalue weighted by Crippen LogP contribution is -2.29. The Labute approximate surface area is 228 Å². The van der Waals surface area contributed by atoms with Gasteiger partial charge in [0, 0.05) is 11.6 Å². The van der Waals surface area contributed by atoms with E-state index < -0.39 is 29.5 Å². The highest BCUT2D eigenvalue weighted by molar-refractivity contribution is 6.46. The number of aliphatic hydroxyl groups is 1. The minimum absolute atomic E-state index is 0.0120. The van der Waals surface area contributed by atoms with Crippen LogP contribution < -0.4 is 9.47 Å². The van der Waals surface area contributed by atoms with Gasteiger partial charge in [-0.25, -0.2) is 4.79 Å².